The quantitative estimate of drug-likeness (QED) is 0.190. The summed E-state index contributed by atoms with van der Waals surface area (Å²) in [5.41, 5.74) is 3.48. The summed E-state index contributed by atoms with van der Waals surface area (Å²) in [6, 6.07) is 10.3. The highest BCUT2D eigenvalue weighted by Crippen LogP contribution is 2.39. The third kappa shape index (κ3) is 3.46. The van der Waals surface area contributed by atoms with Gasteiger partial charge in [0, 0.05) is 23.2 Å². The van der Waals surface area contributed by atoms with E-state index in [0.717, 1.165) is 0 Å². The summed E-state index contributed by atoms with van der Waals surface area (Å²) in [7, 11) is 1.40. The average molecular weight is 385 g/mol. The van der Waals surface area contributed by atoms with Gasteiger partial charge in [0.25, 0.3) is 5.91 Å². The summed E-state index contributed by atoms with van der Waals surface area (Å²) in [6.45, 7) is 0. The van der Waals surface area contributed by atoms with Gasteiger partial charge in [-0.25, -0.2) is 16.1 Å². The molecule has 7 N–H and O–H groups in total. The van der Waals surface area contributed by atoms with Gasteiger partial charge in [0.15, 0.2) is 17.1 Å². The van der Waals surface area contributed by atoms with E-state index in [1.54, 1.807) is 30.3 Å². The summed E-state index contributed by atoms with van der Waals surface area (Å²) in [5, 5.41) is 27.7. The third-order valence-electron chi connectivity index (χ3n) is 4.36. The number of ether oxygens (including phenoxy) is 1. The number of hydrazone groups is 1. The van der Waals surface area contributed by atoms with Crippen LogP contribution in [0.4, 0.5) is 10.5 Å². The van der Waals surface area contributed by atoms with Crippen LogP contribution in [0.25, 0.3) is 0 Å². The Labute approximate surface area is 160 Å². The number of carbonyl (C=O) groups excluding carboxylic acids is 2. The second-order valence-electron chi connectivity index (χ2n) is 6.07. The summed E-state index contributed by atoms with van der Waals surface area (Å²) in [5.74, 6) is 4.48. The number of nitrogens with two attached hydrogens (primary N) is 1. The normalized spacial score (nSPS) is 18.2. The van der Waals surface area contributed by atoms with E-state index in [1.807, 2.05) is 5.43 Å². The lowest BCUT2D eigenvalue weighted by atomic mass is 9.87. The number of rotatable bonds is 5. The number of anilines is 1. The number of nitrogens with zero attached hydrogens (tertiary/aromatic N) is 1. The van der Waals surface area contributed by atoms with E-state index in [9.17, 15) is 19.8 Å². The van der Waals surface area contributed by atoms with Gasteiger partial charge in [-0.05, 0) is 24.3 Å². The number of carbonyl (C=O) groups is 2. The van der Waals surface area contributed by atoms with Gasteiger partial charge in [0.2, 0.25) is 0 Å². The Hall–Kier alpha value is -3.63. The standard InChI is InChI=1S/C18H19N5O5/c1-28-15-7-6-10(8-14(15)24)13(22-23-17(26)21-19)9-18(27)11-4-2-3-5-12(11)20-16(18)25/h2-8,24,27H,9,19H2,1H3,(H,20,25)(H2,21,23,26)/b22-13-. The number of hydrogen-bond acceptors (Lipinski definition) is 7. The maximum absolute atomic E-state index is 12.5. The van der Waals surface area contributed by atoms with Gasteiger partial charge < -0.3 is 20.3 Å². The molecule has 146 valence electrons. The molecule has 1 aliphatic rings. The molecule has 28 heavy (non-hydrogen) atoms. The van der Waals surface area contributed by atoms with Crippen LogP contribution in [0.15, 0.2) is 47.6 Å². The fraction of sp³-hybridized carbons (Fsp3) is 0.167. The number of aliphatic hydroxyl groups is 1. The van der Waals surface area contributed by atoms with E-state index in [2.05, 4.69) is 15.8 Å². The Morgan fingerprint density at radius 3 is 2.75 bits per heavy atom. The number of phenolic OH excluding ortho intramolecular Hbond substituents is 1. The van der Waals surface area contributed by atoms with Gasteiger partial charge in [-0.2, -0.15) is 5.10 Å². The van der Waals surface area contributed by atoms with Crippen molar-refractivity contribution in [2.24, 2.45) is 10.9 Å². The summed E-state index contributed by atoms with van der Waals surface area (Å²) < 4.78 is 5.01. The number of benzene rings is 2. The van der Waals surface area contributed by atoms with Crippen molar-refractivity contribution >= 4 is 23.3 Å². The number of hydrazine groups is 1. The van der Waals surface area contributed by atoms with Crippen molar-refractivity contribution in [1.29, 1.82) is 0 Å². The Bertz CT molecular complexity index is 961. The fourth-order valence-corrected chi connectivity index (χ4v) is 2.94. The maximum Gasteiger partial charge on any atom is 0.349 e. The highest BCUT2D eigenvalue weighted by atomic mass is 16.5. The molecule has 1 aliphatic heterocycles. The lowest BCUT2D eigenvalue weighted by Crippen LogP contribution is -2.40. The number of para-hydroxylation sites is 1. The molecule has 1 unspecified atom stereocenters. The first-order valence-corrected chi connectivity index (χ1v) is 8.23. The van der Waals surface area contributed by atoms with Gasteiger partial charge in [-0.15, -0.1) is 0 Å². The molecule has 0 saturated carbocycles. The first-order valence-electron chi connectivity index (χ1n) is 8.23. The van der Waals surface area contributed by atoms with Crippen LogP contribution in [0.3, 0.4) is 0 Å². The monoisotopic (exact) mass is 385 g/mol. The zero-order valence-corrected chi connectivity index (χ0v) is 14.9. The Morgan fingerprint density at radius 1 is 1.32 bits per heavy atom. The van der Waals surface area contributed by atoms with Crippen molar-refractivity contribution in [2.75, 3.05) is 12.4 Å². The smallest absolute Gasteiger partial charge is 0.349 e. The Kier molecular flexibility index (Phi) is 5.16. The molecule has 3 rings (SSSR count). The van der Waals surface area contributed by atoms with Gasteiger partial charge in [-0.1, -0.05) is 18.2 Å². The molecule has 1 atom stereocenters. The predicted molar refractivity (Wildman–Crippen MR) is 101 cm³/mol. The van der Waals surface area contributed by atoms with Crippen molar-refractivity contribution in [2.45, 2.75) is 12.0 Å². The second kappa shape index (κ2) is 7.55. The van der Waals surface area contributed by atoms with Gasteiger partial charge in [-0.3, -0.25) is 10.2 Å². The molecule has 1 heterocycles. The lowest BCUT2D eigenvalue weighted by molar-refractivity contribution is -0.132. The number of aromatic hydroxyl groups is 1. The van der Waals surface area contributed by atoms with Crippen molar-refractivity contribution in [3.63, 3.8) is 0 Å². The van der Waals surface area contributed by atoms with Gasteiger partial charge in [0.05, 0.1) is 12.8 Å². The first-order chi connectivity index (χ1) is 13.4. The van der Waals surface area contributed by atoms with E-state index in [-0.39, 0.29) is 23.6 Å². The molecule has 3 amide bonds. The predicted octanol–water partition coefficient (Wildman–Crippen LogP) is 0.508. The number of nitrogens with one attached hydrogen (secondary N) is 3. The number of phenols is 1. The van der Waals surface area contributed by atoms with Crippen LogP contribution in [-0.4, -0.2) is 35.0 Å². The minimum Gasteiger partial charge on any atom is -0.504 e. The second-order valence-corrected chi connectivity index (χ2v) is 6.07. The molecular formula is C18H19N5O5. The number of fused-ring (bicyclic) bond motifs is 1. The topological polar surface area (TPSA) is 158 Å². The SMILES string of the molecule is COc1ccc(/C(CC2(O)C(=O)Nc3ccccc32)=N\NC(=O)NN)cc1O. The molecule has 2 aromatic carbocycles. The van der Waals surface area contributed by atoms with Crippen molar-refractivity contribution in [1.82, 2.24) is 10.9 Å². The zero-order chi connectivity index (χ0) is 20.3. The van der Waals surface area contributed by atoms with Crippen molar-refractivity contribution < 1.29 is 24.5 Å². The van der Waals surface area contributed by atoms with Crippen LogP contribution in [0.2, 0.25) is 0 Å². The number of hydrogen-bond donors (Lipinski definition) is 6. The molecule has 10 nitrogen and oxygen atoms in total. The molecule has 0 aromatic heterocycles. The molecule has 0 saturated heterocycles. The molecule has 2 aromatic rings. The molecular weight excluding hydrogens is 366 g/mol. The summed E-state index contributed by atoms with van der Waals surface area (Å²) >= 11 is 0. The molecule has 0 fully saturated rings. The van der Waals surface area contributed by atoms with Crippen LogP contribution in [0.1, 0.15) is 17.5 Å². The Balaban J connectivity index is 2.02. The van der Waals surface area contributed by atoms with Crippen molar-refractivity contribution in [3.8, 4) is 11.5 Å². The number of urea groups is 1. The fourth-order valence-electron chi connectivity index (χ4n) is 2.94. The van der Waals surface area contributed by atoms with Crippen LogP contribution < -0.4 is 26.7 Å². The van der Waals surface area contributed by atoms with E-state index in [4.69, 9.17) is 10.6 Å². The lowest BCUT2D eigenvalue weighted by Gasteiger charge is -2.22. The largest absolute Gasteiger partial charge is 0.504 e. The van der Waals surface area contributed by atoms with E-state index in [0.29, 0.717) is 16.8 Å². The third-order valence-corrected chi connectivity index (χ3v) is 4.36. The molecule has 0 radical (unpaired) electrons. The van der Waals surface area contributed by atoms with Crippen LogP contribution in [0, 0.1) is 0 Å². The number of methoxy groups -OCH3 is 1. The van der Waals surface area contributed by atoms with E-state index < -0.39 is 17.5 Å². The zero-order valence-electron chi connectivity index (χ0n) is 14.9. The summed E-state index contributed by atoms with van der Waals surface area (Å²) in [4.78, 5) is 23.9. The van der Waals surface area contributed by atoms with Crippen LogP contribution in [0.5, 0.6) is 11.5 Å². The summed E-state index contributed by atoms with van der Waals surface area (Å²) in [6.07, 6.45) is -0.271. The minimum atomic E-state index is -1.91. The molecule has 0 bridgehead atoms. The highest BCUT2D eigenvalue weighted by Gasteiger charge is 2.46. The molecule has 10 heteroatoms. The number of amides is 3. The van der Waals surface area contributed by atoms with Gasteiger partial charge >= 0.3 is 6.03 Å². The van der Waals surface area contributed by atoms with E-state index in [1.165, 1.54) is 19.2 Å². The van der Waals surface area contributed by atoms with Crippen molar-refractivity contribution in [3.05, 3.63) is 53.6 Å². The van der Waals surface area contributed by atoms with E-state index >= 15 is 0 Å². The minimum absolute atomic E-state index is 0.135. The van der Waals surface area contributed by atoms with Crippen LogP contribution in [-0.2, 0) is 10.4 Å². The first kappa shape index (κ1) is 19.1. The molecule has 0 spiro atoms. The Morgan fingerprint density at radius 2 is 2.07 bits per heavy atom. The molecule has 0 aliphatic carbocycles. The average Bonchev–Trinajstić information content (AvgIpc) is 2.95. The van der Waals surface area contributed by atoms with Gasteiger partial charge in [0.1, 0.15) is 0 Å². The maximum atomic E-state index is 12.5. The van der Waals surface area contributed by atoms with Crippen LogP contribution >= 0.6 is 0 Å². The highest BCUT2D eigenvalue weighted by molar-refractivity contribution is 6.11.